The summed E-state index contributed by atoms with van der Waals surface area (Å²) in [5.41, 5.74) is -1.28. The number of amides is 3. The van der Waals surface area contributed by atoms with Crippen LogP contribution in [-0.2, 0) is 15.8 Å². The molecule has 5 nitrogen and oxygen atoms in total. The van der Waals surface area contributed by atoms with Crippen LogP contribution in [0.4, 0.5) is 24.5 Å². The van der Waals surface area contributed by atoms with Crippen molar-refractivity contribution in [3.05, 3.63) is 71.8 Å². The lowest BCUT2D eigenvalue weighted by Gasteiger charge is -2.37. The van der Waals surface area contributed by atoms with Gasteiger partial charge in [-0.15, -0.1) is 0 Å². The smallest absolute Gasteiger partial charge is 0.321 e. The van der Waals surface area contributed by atoms with Crippen LogP contribution < -0.4 is 10.2 Å². The van der Waals surface area contributed by atoms with Crippen molar-refractivity contribution in [1.29, 1.82) is 0 Å². The third-order valence-electron chi connectivity index (χ3n) is 7.53. The minimum Gasteiger partial charge on any atom is -0.321 e. The highest BCUT2D eigenvalue weighted by Gasteiger charge is 2.67. The molecule has 0 aromatic heterocycles. The maximum atomic E-state index is 13.4. The zero-order chi connectivity index (χ0) is 23.1. The third kappa shape index (κ3) is 2.89. The number of hydrogen-bond acceptors (Lipinski definition) is 3. The van der Waals surface area contributed by atoms with Gasteiger partial charge in [-0.2, -0.15) is 13.2 Å². The van der Waals surface area contributed by atoms with Crippen LogP contribution in [0.1, 0.15) is 22.3 Å². The Morgan fingerprint density at radius 3 is 2.09 bits per heavy atom. The first-order valence-corrected chi connectivity index (χ1v) is 10.9. The number of para-hydroxylation sites is 2. The van der Waals surface area contributed by atoms with E-state index in [1.807, 2.05) is 0 Å². The highest BCUT2D eigenvalue weighted by molar-refractivity contribution is 6.25. The van der Waals surface area contributed by atoms with Crippen molar-refractivity contribution in [3.63, 3.8) is 0 Å². The van der Waals surface area contributed by atoms with E-state index >= 15 is 0 Å². The third-order valence-corrected chi connectivity index (χ3v) is 7.53. The van der Waals surface area contributed by atoms with Gasteiger partial charge in [0, 0.05) is 0 Å². The molecule has 1 heterocycles. The van der Waals surface area contributed by atoms with Gasteiger partial charge in [0.1, 0.15) is 0 Å². The molecule has 3 amide bonds. The number of nitrogens with zero attached hydrogens (tertiary/aromatic N) is 1. The average Bonchev–Trinajstić information content (AvgIpc) is 3.57. The van der Waals surface area contributed by atoms with Crippen LogP contribution >= 0.6 is 0 Å². The first-order valence-electron chi connectivity index (χ1n) is 10.9. The molecule has 33 heavy (non-hydrogen) atoms. The Balaban J connectivity index is 1.34. The molecule has 1 N–H and O–H groups in total. The van der Waals surface area contributed by atoms with Gasteiger partial charge in [-0.1, -0.05) is 36.4 Å². The number of halogens is 3. The lowest BCUT2D eigenvalue weighted by atomic mass is 9.63. The second-order valence-electron chi connectivity index (χ2n) is 9.18. The second kappa shape index (κ2) is 6.79. The topological polar surface area (TPSA) is 66.5 Å². The van der Waals surface area contributed by atoms with E-state index in [0.29, 0.717) is 11.8 Å². The summed E-state index contributed by atoms with van der Waals surface area (Å²) in [5, 5.41) is 2.31. The Kier molecular flexibility index (Phi) is 4.16. The largest absolute Gasteiger partial charge is 0.418 e. The van der Waals surface area contributed by atoms with Crippen LogP contribution in [0.15, 0.2) is 60.7 Å². The van der Waals surface area contributed by atoms with Gasteiger partial charge < -0.3 is 5.32 Å². The Hall–Kier alpha value is -3.42. The first kappa shape index (κ1) is 20.2. The molecule has 0 unspecified atom stereocenters. The molecule has 0 spiro atoms. The Labute approximate surface area is 187 Å². The van der Waals surface area contributed by atoms with E-state index in [-0.39, 0.29) is 40.6 Å². The predicted octanol–water partition coefficient (Wildman–Crippen LogP) is 4.52. The van der Waals surface area contributed by atoms with Gasteiger partial charge in [0.2, 0.25) is 11.8 Å². The maximum Gasteiger partial charge on any atom is 0.418 e. The van der Waals surface area contributed by atoms with Crippen LogP contribution in [0.2, 0.25) is 0 Å². The standard InChI is InChI=1S/C25H19F3N2O3/c26-25(27,28)17-6-2-3-7-18(17)29-22(31)14-5-1-4-8-19(14)30-23(32)20-12-9-10-13(16-11-15(12)16)21(20)24(30)33/h1-10,12-13,15-16,20-21H,11H2,(H,29,31)/t12-,13-,15-,16+,20-,21+/m0/s1. The van der Waals surface area contributed by atoms with Gasteiger partial charge in [0.05, 0.1) is 34.3 Å². The number of nitrogens with one attached hydrogen (secondary N) is 1. The van der Waals surface area contributed by atoms with E-state index in [2.05, 4.69) is 17.5 Å². The molecule has 2 aromatic rings. The molecule has 1 saturated heterocycles. The number of rotatable bonds is 3. The number of imide groups is 1. The molecule has 4 aliphatic carbocycles. The molecule has 2 aromatic carbocycles. The summed E-state index contributed by atoms with van der Waals surface area (Å²) in [4.78, 5) is 41.0. The molecule has 2 saturated carbocycles. The molecule has 7 rings (SSSR count). The van der Waals surface area contributed by atoms with Gasteiger partial charge in [0.25, 0.3) is 5.91 Å². The number of benzene rings is 2. The highest BCUT2D eigenvalue weighted by atomic mass is 19.4. The predicted molar refractivity (Wildman–Crippen MR) is 113 cm³/mol. The van der Waals surface area contributed by atoms with Gasteiger partial charge in [-0.3, -0.25) is 14.4 Å². The lowest BCUT2D eigenvalue weighted by Crippen LogP contribution is -2.40. The summed E-state index contributed by atoms with van der Waals surface area (Å²) >= 11 is 0. The number of carbonyl (C=O) groups excluding carboxylic acids is 3. The second-order valence-corrected chi connectivity index (χ2v) is 9.18. The zero-order valence-electron chi connectivity index (χ0n) is 17.3. The van der Waals surface area contributed by atoms with Crippen LogP contribution in [-0.4, -0.2) is 17.7 Å². The normalized spacial score (nSPS) is 31.4. The van der Waals surface area contributed by atoms with Gasteiger partial charge >= 0.3 is 6.18 Å². The number of alkyl halides is 3. The average molecular weight is 452 g/mol. The minimum atomic E-state index is -4.65. The van der Waals surface area contributed by atoms with Crippen molar-refractivity contribution in [2.24, 2.45) is 35.5 Å². The van der Waals surface area contributed by atoms with Crippen LogP contribution in [0, 0.1) is 35.5 Å². The van der Waals surface area contributed by atoms with Crippen LogP contribution in [0.25, 0.3) is 0 Å². The Morgan fingerprint density at radius 1 is 0.879 bits per heavy atom. The van der Waals surface area contributed by atoms with E-state index < -0.39 is 29.5 Å². The van der Waals surface area contributed by atoms with Crippen molar-refractivity contribution in [2.75, 3.05) is 10.2 Å². The molecule has 1 aliphatic heterocycles. The molecular weight excluding hydrogens is 433 g/mol. The zero-order valence-corrected chi connectivity index (χ0v) is 17.3. The summed E-state index contributed by atoms with van der Waals surface area (Å²) in [6.07, 6.45) is 0.503. The van der Waals surface area contributed by atoms with Crippen molar-refractivity contribution >= 4 is 29.1 Å². The number of carbonyl (C=O) groups is 3. The molecule has 2 bridgehead atoms. The Bertz CT molecular complexity index is 1200. The fourth-order valence-corrected chi connectivity index (χ4v) is 6.08. The van der Waals surface area contributed by atoms with Gasteiger partial charge in [0.15, 0.2) is 0 Å². The van der Waals surface area contributed by atoms with E-state index in [9.17, 15) is 27.6 Å². The molecule has 3 fully saturated rings. The molecular formula is C25H19F3N2O3. The molecule has 8 heteroatoms. The summed E-state index contributed by atoms with van der Waals surface area (Å²) in [7, 11) is 0. The quantitative estimate of drug-likeness (QED) is 0.550. The Morgan fingerprint density at radius 2 is 1.45 bits per heavy atom. The SMILES string of the molecule is O=C(Nc1ccccc1C(F)(F)F)c1ccccc1N1C(=O)[C@@H]2[C@H]3C=C[C@@H]([C@@H]4C[C@H]34)[C@@H]2C1=O. The number of anilines is 2. The summed E-state index contributed by atoms with van der Waals surface area (Å²) < 4.78 is 40.1. The molecule has 0 radical (unpaired) electrons. The van der Waals surface area contributed by atoms with E-state index in [4.69, 9.17) is 0 Å². The molecule has 6 atom stereocenters. The monoisotopic (exact) mass is 452 g/mol. The van der Waals surface area contributed by atoms with Crippen molar-refractivity contribution in [1.82, 2.24) is 0 Å². The van der Waals surface area contributed by atoms with E-state index in [0.717, 1.165) is 17.4 Å². The van der Waals surface area contributed by atoms with Gasteiger partial charge in [-0.05, 0) is 54.4 Å². The van der Waals surface area contributed by atoms with Crippen LogP contribution in [0.5, 0.6) is 0 Å². The molecule has 5 aliphatic rings. The first-order chi connectivity index (χ1) is 15.8. The minimum absolute atomic E-state index is 0.0275. The van der Waals surface area contributed by atoms with Crippen molar-refractivity contribution < 1.29 is 27.6 Å². The van der Waals surface area contributed by atoms with Crippen molar-refractivity contribution in [2.45, 2.75) is 12.6 Å². The maximum absolute atomic E-state index is 13.4. The number of hydrogen-bond donors (Lipinski definition) is 1. The summed E-state index contributed by atoms with van der Waals surface area (Å²) in [6.45, 7) is 0. The molecule has 168 valence electrons. The van der Waals surface area contributed by atoms with Gasteiger partial charge in [-0.25, -0.2) is 4.90 Å². The fraction of sp³-hybridized carbons (Fsp3) is 0.320. The van der Waals surface area contributed by atoms with E-state index in [1.54, 1.807) is 12.1 Å². The summed E-state index contributed by atoms with van der Waals surface area (Å²) in [6, 6.07) is 10.7. The van der Waals surface area contributed by atoms with Crippen LogP contribution in [0.3, 0.4) is 0 Å². The summed E-state index contributed by atoms with van der Waals surface area (Å²) in [5.74, 6) is -1.39. The highest BCUT2D eigenvalue weighted by Crippen LogP contribution is 2.65. The number of allylic oxidation sites excluding steroid dienone is 2. The lowest BCUT2D eigenvalue weighted by molar-refractivity contribution is -0.137. The fourth-order valence-electron chi connectivity index (χ4n) is 6.08. The van der Waals surface area contributed by atoms with E-state index in [1.165, 1.54) is 30.3 Å². The van der Waals surface area contributed by atoms with Crippen molar-refractivity contribution in [3.8, 4) is 0 Å².